The summed E-state index contributed by atoms with van der Waals surface area (Å²) in [5.74, 6) is -0.0914. The number of hydrogen-bond acceptors (Lipinski definition) is 6. The summed E-state index contributed by atoms with van der Waals surface area (Å²) in [5.41, 5.74) is 0.205. The van der Waals surface area contributed by atoms with Gasteiger partial charge in [-0.2, -0.15) is 0 Å². The van der Waals surface area contributed by atoms with E-state index in [0.717, 1.165) is 15.1 Å². The molecule has 0 aliphatic carbocycles. The predicted molar refractivity (Wildman–Crippen MR) is 115 cm³/mol. The SMILES string of the molecule is CCN(c1cc(OC)c(OC)cc1C(=O)OC)S(=O)(=O)c1ccc2ccccc2c1. The molecule has 3 rings (SSSR count). The zero-order valence-electron chi connectivity index (χ0n) is 17.2. The van der Waals surface area contributed by atoms with Crippen LogP contribution >= 0.6 is 0 Å². The molecule has 0 amide bonds. The topological polar surface area (TPSA) is 82.1 Å². The summed E-state index contributed by atoms with van der Waals surface area (Å²) < 4.78 is 43.6. The van der Waals surface area contributed by atoms with Crippen LogP contribution in [0, 0.1) is 0 Å². The highest BCUT2D eigenvalue weighted by molar-refractivity contribution is 7.92. The van der Waals surface area contributed by atoms with Crippen LogP contribution in [-0.4, -0.2) is 42.3 Å². The number of nitrogens with zero attached hydrogens (tertiary/aromatic N) is 1. The Morgan fingerprint density at radius 1 is 0.900 bits per heavy atom. The lowest BCUT2D eigenvalue weighted by atomic mass is 10.1. The van der Waals surface area contributed by atoms with Gasteiger partial charge in [0.2, 0.25) is 0 Å². The largest absolute Gasteiger partial charge is 0.493 e. The number of anilines is 1. The Bertz CT molecular complexity index is 1190. The summed E-state index contributed by atoms with van der Waals surface area (Å²) in [4.78, 5) is 12.5. The Balaban J connectivity index is 2.21. The van der Waals surface area contributed by atoms with Gasteiger partial charge in [-0.3, -0.25) is 4.31 Å². The highest BCUT2D eigenvalue weighted by atomic mass is 32.2. The Hall–Kier alpha value is -3.26. The van der Waals surface area contributed by atoms with Crippen LogP contribution in [0.25, 0.3) is 10.8 Å². The molecule has 0 atom stereocenters. The van der Waals surface area contributed by atoms with Gasteiger partial charge in [0.25, 0.3) is 10.0 Å². The molecule has 3 aromatic carbocycles. The maximum absolute atomic E-state index is 13.5. The molecule has 0 aliphatic rings. The normalized spacial score (nSPS) is 11.2. The summed E-state index contributed by atoms with van der Waals surface area (Å²) in [5, 5.41) is 1.73. The van der Waals surface area contributed by atoms with E-state index in [4.69, 9.17) is 14.2 Å². The number of benzene rings is 3. The van der Waals surface area contributed by atoms with Gasteiger partial charge >= 0.3 is 5.97 Å². The lowest BCUT2D eigenvalue weighted by Crippen LogP contribution is -2.32. The van der Waals surface area contributed by atoms with E-state index in [1.54, 1.807) is 25.1 Å². The Kier molecular flexibility index (Phi) is 6.17. The number of esters is 1. The molecule has 0 bridgehead atoms. The lowest BCUT2D eigenvalue weighted by molar-refractivity contribution is 0.0601. The minimum Gasteiger partial charge on any atom is -0.493 e. The van der Waals surface area contributed by atoms with E-state index in [1.807, 2.05) is 24.3 Å². The van der Waals surface area contributed by atoms with Crippen molar-refractivity contribution in [1.82, 2.24) is 0 Å². The molecule has 0 spiro atoms. The number of sulfonamides is 1. The summed E-state index contributed by atoms with van der Waals surface area (Å²) in [6.07, 6.45) is 0. The van der Waals surface area contributed by atoms with Gasteiger partial charge in [0.1, 0.15) is 0 Å². The van der Waals surface area contributed by atoms with Crippen molar-refractivity contribution in [2.75, 3.05) is 32.2 Å². The van der Waals surface area contributed by atoms with Crippen LogP contribution in [0.2, 0.25) is 0 Å². The van der Waals surface area contributed by atoms with E-state index in [-0.39, 0.29) is 22.7 Å². The van der Waals surface area contributed by atoms with E-state index >= 15 is 0 Å². The smallest absolute Gasteiger partial charge is 0.340 e. The molecular weight excluding hydrogens is 406 g/mol. The monoisotopic (exact) mass is 429 g/mol. The predicted octanol–water partition coefficient (Wildman–Crippen LogP) is 3.86. The van der Waals surface area contributed by atoms with Crippen molar-refractivity contribution in [3.63, 3.8) is 0 Å². The fraction of sp³-hybridized carbons (Fsp3) is 0.227. The van der Waals surface area contributed by atoms with Gasteiger partial charge in [-0.25, -0.2) is 13.2 Å². The second-order valence-corrected chi connectivity index (χ2v) is 8.26. The summed E-state index contributed by atoms with van der Waals surface area (Å²) in [6, 6.07) is 15.3. The molecule has 0 unspecified atom stereocenters. The third-order valence-corrected chi connectivity index (χ3v) is 6.66. The minimum atomic E-state index is -3.98. The molecule has 0 aliphatic heterocycles. The van der Waals surface area contributed by atoms with Gasteiger partial charge in [-0.15, -0.1) is 0 Å². The maximum Gasteiger partial charge on any atom is 0.340 e. The third kappa shape index (κ3) is 3.78. The van der Waals surface area contributed by atoms with Crippen LogP contribution in [0.15, 0.2) is 59.5 Å². The molecule has 8 heteroatoms. The van der Waals surface area contributed by atoms with Crippen LogP contribution in [-0.2, 0) is 14.8 Å². The van der Waals surface area contributed by atoms with E-state index in [2.05, 4.69) is 0 Å². The van der Waals surface area contributed by atoms with Crippen molar-refractivity contribution in [3.05, 3.63) is 60.2 Å². The van der Waals surface area contributed by atoms with Crippen molar-refractivity contribution >= 4 is 32.5 Å². The van der Waals surface area contributed by atoms with Crippen molar-refractivity contribution < 1.29 is 27.4 Å². The molecule has 0 radical (unpaired) electrons. The number of hydrogen-bond donors (Lipinski definition) is 0. The lowest BCUT2D eigenvalue weighted by Gasteiger charge is -2.26. The molecule has 0 saturated heterocycles. The average molecular weight is 429 g/mol. The standard InChI is InChI=1S/C22H23NO6S/c1-5-23(19-14-21(28-3)20(27-2)13-18(19)22(24)29-4)30(25,26)17-11-10-15-8-6-7-9-16(15)12-17/h6-14H,5H2,1-4H3. The fourth-order valence-electron chi connectivity index (χ4n) is 3.27. The molecule has 158 valence electrons. The van der Waals surface area contributed by atoms with E-state index in [1.165, 1.54) is 33.5 Å². The maximum atomic E-state index is 13.5. The van der Waals surface area contributed by atoms with E-state index in [9.17, 15) is 13.2 Å². The van der Waals surface area contributed by atoms with E-state index < -0.39 is 16.0 Å². The number of carbonyl (C=O) groups excluding carboxylic acids is 1. The molecule has 0 aromatic heterocycles. The van der Waals surface area contributed by atoms with E-state index in [0.29, 0.717) is 11.5 Å². The van der Waals surface area contributed by atoms with Crippen LogP contribution in [0.4, 0.5) is 5.69 Å². The first-order valence-corrected chi connectivity index (χ1v) is 10.7. The number of rotatable bonds is 7. The fourth-order valence-corrected chi connectivity index (χ4v) is 4.79. The molecule has 7 nitrogen and oxygen atoms in total. The van der Waals surface area contributed by atoms with Crippen molar-refractivity contribution in [2.24, 2.45) is 0 Å². The summed E-state index contributed by atoms with van der Waals surface area (Å²) in [6.45, 7) is 1.78. The number of fused-ring (bicyclic) bond motifs is 1. The Morgan fingerprint density at radius 2 is 1.53 bits per heavy atom. The van der Waals surface area contributed by atoms with Gasteiger partial charge < -0.3 is 14.2 Å². The van der Waals surface area contributed by atoms with Gasteiger partial charge in [-0.05, 0) is 29.8 Å². The summed E-state index contributed by atoms with van der Waals surface area (Å²) >= 11 is 0. The Labute approximate surface area is 175 Å². The van der Waals surface area contributed by atoms with Crippen LogP contribution in [0.3, 0.4) is 0 Å². The minimum absolute atomic E-state index is 0.0568. The molecule has 0 heterocycles. The second kappa shape index (κ2) is 8.62. The third-order valence-electron chi connectivity index (χ3n) is 4.77. The highest BCUT2D eigenvalue weighted by Crippen LogP contribution is 2.37. The second-order valence-electron chi connectivity index (χ2n) is 6.39. The quantitative estimate of drug-likeness (QED) is 0.531. The zero-order chi connectivity index (χ0) is 21.9. The zero-order valence-corrected chi connectivity index (χ0v) is 18.0. The highest BCUT2D eigenvalue weighted by Gasteiger charge is 2.29. The first-order chi connectivity index (χ1) is 14.4. The van der Waals surface area contributed by atoms with Gasteiger partial charge in [0.05, 0.1) is 37.5 Å². The molecule has 30 heavy (non-hydrogen) atoms. The average Bonchev–Trinajstić information content (AvgIpc) is 2.78. The molecule has 0 saturated carbocycles. The summed E-state index contributed by atoms with van der Waals surface area (Å²) in [7, 11) is 0.128. The number of carbonyl (C=O) groups is 1. The van der Waals surface area contributed by atoms with Crippen LogP contribution in [0.1, 0.15) is 17.3 Å². The molecule has 0 fully saturated rings. The van der Waals surface area contributed by atoms with Crippen molar-refractivity contribution in [1.29, 1.82) is 0 Å². The van der Waals surface area contributed by atoms with Gasteiger partial charge in [0, 0.05) is 18.7 Å². The van der Waals surface area contributed by atoms with Crippen LogP contribution in [0.5, 0.6) is 11.5 Å². The van der Waals surface area contributed by atoms with Crippen molar-refractivity contribution in [3.8, 4) is 11.5 Å². The molecule has 0 N–H and O–H groups in total. The molecular formula is C22H23NO6S. The Morgan fingerprint density at radius 3 is 2.13 bits per heavy atom. The van der Waals surface area contributed by atoms with Crippen molar-refractivity contribution in [2.45, 2.75) is 11.8 Å². The molecule has 3 aromatic rings. The van der Waals surface area contributed by atoms with Gasteiger partial charge in [-0.1, -0.05) is 30.3 Å². The number of methoxy groups -OCH3 is 3. The van der Waals surface area contributed by atoms with Crippen LogP contribution < -0.4 is 13.8 Å². The first kappa shape index (κ1) is 21.4. The van der Waals surface area contributed by atoms with Gasteiger partial charge in [0.15, 0.2) is 11.5 Å². The number of ether oxygens (including phenoxy) is 3. The first-order valence-electron chi connectivity index (χ1n) is 9.23.